The highest BCUT2D eigenvalue weighted by Crippen LogP contribution is 2.34. The van der Waals surface area contributed by atoms with E-state index >= 15 is 0 Å². The molecule has 0 aromatic heterocycles. The van der Waals surface area contributed by atoms with E-state index in [4.69, 9.17) is 4.74 Å². The van der Waals surface area contributed by atoms with Crippen LogP contribution in [0.5, 0.6) is 0 Å². The Morgan fingerprint density at radius 2 is 1.48 bits per heavy atom. The van der Waals surface area contributed by atoms with Gasteiger partial charge in [0.2, 0.25) is 0 Å². The van der Waals surface area contributed by atoms with Crippen molar-refractivity contribution in [2.45, 2.75) is 39.5 Å². The van der Waals surface area contributed by atoms with E-state index in [-0.39, 0.29) is 5.97 Å². The molecule has 2 aromatic rings. The number of carbonyl (C=O) groups excluding carboxylic acids is 2. The van der Waals surface area contributed by atoms with Gasteiger partial charge in [-0.05, 0) is 59.7 Å². The Morgan fingerprint density at radius 3 is 1.90 bits per heavy atom. The fourth-order valence-corrected chi connectivity index (χ4v) is 3.29. The average Bonchev–Trinajstić information content (AvgIpc) is 2.75. The molecule has 0 fully saturated rings. The minimum absolute atomic E-state index is 0.202. The Bertz CT molecular complexity index is 834. The van der Waals surface area contributed by atoms with E-state index in [1.165, 1.54) is 0 Å². The van der Waals surface area contributed by atoms with Crippen LogP contribution in [0.2, 0.25) is 0 Å². The first-order chi connectivity index (χ1) is 14.1. The molecule has 4 heteroatoms. The van der Waals surface area contributed by atoms with E-state index in [0.29, 0.717) is 32.3 Å². The van der Waals surface area contributed by atoms with E-state index in [0.717, 1.165) is 45.9 Å². The summed E-state index contributed by atoms with van der Waals surface area (Å²) < 4.78 is 9.60. The van der Waals surface area contributed by atoms with Crippen molar-refractivity contribution in [1.29, 1.82) is 0 Å². The molecule has 0 unspecified atom stereocenters. The number of fused-ring (bicyclic) bond motifs is 1. The number of hydrogen-bond donors (Lipinski definition) is 0. The third-order valence-electron chi connectivity index (χ3n) is 4.61. The van der Waals surface area contributed by atoms with Gasteiger partial charge in [-0.3, -0.25) is 4.79 Å². The highest BCUT2D eigenvalue weighted by molar-refractivity contribution is 5.96. The van der Waals surface area contributed by atoms with Gasteiger partial charge in [0.05, 0.1) is 6.61 Å². The largest absolute Gasteiger partial charge is 0.466 e. The zero-order chi connectivity index (χ0) is 21.6. The van der Waals surface area contributed by atoms with Crippen molar-refractivity contribution in [3.63, 3.8) is 0 Å². The molecule has 0 aliphatic carbocycles. The third-order valence-corrected chi connectivity index (χ3v) is 4.61. The van der Waals surface area contributed by atoms with Crippen LogP contribution in [-0.4, -0.2) is 32.6 Å². The van der Waals surface area contributed by atoms with Crippen LogP contribution in [0.1, 0.15) is 48.9 Å². The van der Waals surface area contributed by atoms with Gasteiger partial charge in [0.15, 0.2) is 0 Å². The maximum Gasteiger partial charge on any atom is 0.306 e. The number of aryl methyl sites for hydroxylation is 2. The molecule has 0 bridgehead atoms. The minimum Gasteiger partial charge on any atom is -0.466 e. The molecule has 4 nitrogen and oxygen atoms in total. The maximum atomic E-state index is 11.8. The molecule has 2 rings (SSSR count). The van der Waals surface area contributed by atoms with Crippen molar-refractivity contribution in [1.82, 2.24) is 0 Å². The molecule has 0 radical (unpaired) electrons. The molecule has 29 heavy (non-hydrogen) atoms. The number of esters is 1. The van der Waals surface area contributed by atoms with Crippen LogP contribution < -0.4 is 0 Å². The Morgan fingerprint density at radius 1 is 0.966 bits per heavy atom. The quantitative estimate of drug-likeness (QED) is 0.398. The van der Waals surface area contributed by atoms with Gasteiger partial charge in [0.1, 0.15) is 6.29 Å². The molecule has 0 amide bonds. The summed E-state index contributed by atoms with van der Waals surface area (Å²) in [4.78, 5) is 22.7. The molecule has 0 N–H and O–H groups in total. The molecular formula is C25H32O4. The number of aldehydes is 1. The van der Waals surface area contributed by atoms with Crippen molar-refractivity contribution >= 4 is 35.2 Å². The van der Waals surface area contributed by atoms with Crippen LogP contribution in [-0.2, 0) is 31.9 Å². The van der Waals surface area contributed by atoms with Crippen LogP contribution in [0, 0.1) is 0 Å². The Labute approximate surface area is 174 Å². The fourth-order valence-electron chi connectivity index (χ4n) is 3.29. The van der Waals surface area contributed by atoms with Crippen molar-refractivity contribution in [3.8, 4) is 0 Å². The van der Waals surface area contributed by atoms with E-state index in [1.54, 1.807) is 14.0 Å². The van der Waals surface area contributed by atoms with Crippen molar-refractivity contribution < 1.29 is 19.1 Å². The third kappa shape index (κ3) is 6.68. The van der Waals surface area contributed by atoms with Gasteiger partial charge in [-0.2, -0.15) is 0 Å². The van der Waals surface area contributed by atoms with Gasteiger partial charge in [-0.1, -0.05) is 49.6 Å². The first-order valence-electron chi connectivity index (χ1n) is 9.98. The topological polar surface area (TPSA) is 52.6 Å². The molecular weight excluding hydrogens is 364 g/mol. The lowest BCUT2D eigenvalue weighted by Crippen LogP contribution is -2.08. The van der Waals surface area contributed by atoms with Gasteiger partial charge >= 0.3 is 5.97 Å². The number of benzene rings is 2. The Balaban J connectivity index is 0.000000960. The molecule has 0 spiro atoms. The highest BCUT2D eigenvalue weighted by atomic mass is 16.5. The number of methoxy groups -OCH3 is 1. The monoisotopic (exact) mass is 396 g/mol. The summed E-state index contributed by atoms with van der Waals surface area (Å²) in [6.07, 6.45) is 6.59. The van der Waals surface area contributed by atoms with Crippen LogP contribution in [0.3, 0.4) is 0 Å². The summed E-state index contributed by atoms with van der Waals surface area (Å²) >= 11 is 0. The highest BCUT2D eigenvalue weighted by Gasteiger charge is 2.16. The van der Waals surface area contributed by atoms with Crippen LogP contribution in [0.15, 0.2) is 37.4 Å². The lowest BCUT2D eigenvalue weighted by Gasteiger charge is -2.19. The van der Waals surface area contributed by atoms with Crippen LogP contribution in [0.4, 0.5) is 0 Å². The van der Waals surface area contributed by atoms with Gasteiger partial charge < -0.3 is 14.3 Å². The second-order valence-corrected chi connectivity index (χ2v) is 6.33. The fraction of sp³-hybridized carbons (Fsp3) is 0.360. The molecule has 0 heterocycles. The first kappa shape index (κ1) is 24.3. The zero-order valence-corrected chi connectivity index (χ0v) is 17.8. The summed E-state index contributed by atoms with van der Waals surface area (Å²) in [5.74, 6) is -0.202. The molecule has 0 aliphatic heterocycles. The summed E-state index contributed by atoms with van der Waals surface area (Å²) in [5.41, 5.74) is 4.16. The average molecular weight is 397 g/mol. The van der Waals surface area contributed by atoms with E-state index in [1.807, 2.05) is 31.2 Å². The number of rotatable bonds is 10. The van der Waals surface area contributed by atoms with Gasteiger partial charge in [-0.15, -0.1) is 0 Å². The molecule has 0 saturated heterocycles. The number of carbonyl (C=O) groups is 2. The lowest BCUT2D eigenvalue weighted by atomic mass is 9.85. The predicted molar refractivity (Wildman–Crippen MR) is 121 cm³/mol. The van der Waals surface area contributed by atoms with Crippen LogP contribution >= 0.6 is 0 Å². The van der Waals surface area contributed by atoms with E-state index in [9.17, 15) is 9.59 Å². The zero-order valence-electron chi connectivity index (χ0n) is 17.8. The van der Waals surface area contributed by atoms with Gasteiger partial charge in [0, 0.05) is 26.6 Å². The molecule has 0 atom stereocenters. The van der Waals surface area contributed by atoms with Gasteiger partial charge in [0.25, 0.3) is 0 Å². The summed E-state index contributed by atoms with van der Waals surface area (Å²) in [6, 6.07) is 8.09. The van der Waals surface area contributed by atoms with Crippen molar-refractivity contribution in [2.24, 2.45) is 0 Å². The molecule has 0 saturated carbocycles. The van der Waals surface area contributed by atoms with Crippen molar-refractivity contribution in [3.05, 3.63) is 59.7 Å². The molecule has 0 aliphatic rings. The van der Waals surface area contributed by atoms with E-state index in [2.05, 4.69) is 30.0 Å². The number of hydrogen-bond acceptors (Lipinski definition) is 4. The van der Waals surface area contributed by atoms with E-state index < -0.39 is 0 Å². The smallest absolute Gasteiger partial charge is 0.306 e. The molecule has 156 valence electrons. The predicted octanol–water partition coefficient (Wildman–Crippen LogP) is 5.41. The number of ether oxygens (including phenoxy) is 2. The summed E-state index contributed by atoms with van der Waals surface area (Å²) in [7, 11) is 1.68. The molecule has 2 aromatic carbocycles. The second-order valence-electron chi connectivity index (χ2n) is 6.33. The normalized spacial score (nSPS) is 10.0. The van der Waals surface area contributed by atoms with Crippen molar-refractivity contribution in [2.75, 3.05) is 20.3 Å². The summed E-state index contributed by atoms with van der Waals surface area (Å²) in [6.45, 7) is 12.9. The van der Waals surface area contributed by atoms with Gasteiger partial charge in [-0.25, -0.2) is 0 Å². The Hall–Kier alpha value is -2.72. The summed E-state index contributed by atoms with van der Waals surface area (Å²) in [5, 5.41) is 2.19. The second kappa shape index (κ2) is 13.5. The maximum absolute atomic E-state index is 11.8. The van der Waals surface area contributed by atoms with Crippen LogP contribution in [0.25, 0.3) is 22.9 Å². The Kier molecular flexibility index (Phi) is 11.3. The SMILES string of the molecule is C=Cc1c(C=C)c(CCC(=O)OCC)c2ccccc2c1CCC=O.CCOC. The standard InChI is InChI=1S/C22H24O3.C3H8O/c1-4-16-17(5-2)21(13-14-22(24)25-6-3)20-11-8-7-10-19(20)18(16)12-9-15-23;1-3-4-2/h4-5,7-8,10-11,15H,1-2,6,9,12-14H2,3H3;3H2,1-2H3. The minimum atomic E-state index is -0.202. The first-order valence-corrected chi connectivity index (χ1v) is 9.98. The lowest BCUT2D eigenvalue weighted by molar-refractivity contribution is -0.143.